The molecule has 1 aromatic rings. The first-order chi connectivity index (χ1) is 7.56. The number of benzene rings is 1. The average Bonchev–Trinajstić information content (AvgIpc) is 2.62. The van der Waals surface area contributed by atoms with Crippen molar-refractivity contribution in [3.8, 4) is 0 Å². The summed E-state index contributed by atoms with van der Waals surface area (Å²) in [7, 11) is 0. The highest BCUT2D eigenvalue weighted by Crippen LogP contribution is 2.23. The Hall–Kier alpha value is -1.15. The van der Waals surface area contributed by atoms with Crippen molar-refractivity contribution in [3.05, 3.63) is 34.9 Å². The lowest BCUT2D eigenvalue weighted by Gasteiger charge is -2.11. The first-order valence-electron chi connectivity index (χ1n) is 5.84. The van der Waals surface area contributed by atoms with E-state index in [0.29, 0.717) is 0 Å². The van der Waals surface area contributed by atoms with Gasteiger partial charge in [0.05, 0.1) is 6.10 Å². The van der Waals surface area contributed by atoms with Crippen LogP contribution in [0.2, 0.25) is 0 Å². The minimum absolute atomic E-state index is 0.135. The molecule has 0 spiro atoms. The maximum atomic E-state index is 12.2. The van der Waals surface area contributed by atoms with Gasteiger partial charge in [-0.1, -0.05) is 17.2 Å². The number of carbonyl (C=O) groups excluding carboxylic acids is 1. The van der Waals surface area contributed by atoms with Crippen LogP contribution in [0.5, 0.6) is 0 Å². The highest BCUT2D eigenvalue weighted by atomic mass is 16.5. The van der Waals surface area contributed by atoms with E-state index in [-0.39, 0.29) is 18.0 Å². The van der Waals surface area contributed by atoms with E-state index >= 15 is 0 Å². The third-order valence-electron chi connectivity index (χ3n) is 3.03. The molecular formula is C14H18O2. The number of ether oxygens (including phenoxy) is 1. The van der Waals surface area contributed by atoms with Crippen molar-refractivity contribution in [2.75, 3.05) is 0 Å². The van der Waals surface area contributed by atoms with Crippen molar-refractivity contribution < 1.29 is 9.53 Å². The molecule has 2 rings (SSSR count). The molecule has 2 atom stereocenters. The lowest BCUT2D eigenvalue weighted by Crippen LogP contribution is -2.21. The van der Waals surface area contributed by atoms with E-state index in [9.17, 15) is 4.79 Å². The third-order valence-corrected chi connectivity index (χ3v) is 3.03. The summed E-state index contributed by atoms with van der Waals surface area (Å²) in [6, 6.07) is 5.97. The molecule has 2 unspecified atom stereocenters. The Kier molecular flexibility index (Phi) is 3.10. The number of hydrogen-bond acceptors (Lipinski definition) is 2. The minimum atomic E-state index is -0.226. The highest BCUT2D eigenvalue weighted by molar-refractivity contribution is 5.99. The summed E-state index contributed by atoms with van der Waals surface area (Å²) in [5.74, 6) is 0.135. The molecular weight excluding hydrogens is 200 g/mol. The lowest BCUT2D eigenvalue weighted by molar-refractivity contribution is 0.0433. The standard InChI is InChI=1S/C14H18O2/c1-9-6-10(2)8-12(7-9)14(15)13-5-4-11(3)16-13/h6-8,11,13H,4-5H2,1-3H3. The normalized spacial score (nSPS) is 24.7. The first kappa shape index (κ1) is 11.3. The van der Waals surface area contributed by atoms with Crippen LogP contribution < -0.4 is 0 Å². The number of hydrogen-bond donors (Lipinski definition) is 0. The molecule has 1 aromatic carbocycles. The van der Waals surface area contributed by atoms with Crippen molar-refractivity contribution in [1.82, 2.24) is 0 Å². The molecule has 2 heteroatoms. The summed E-state index contributed by atoms with van der Waals surface area (Å²) in [5.41, 5.74) is 3.06. The van der Waals surface area contributed by atoms with E-state index in [1.54, 1.807) is 0 Å². The van der Waals surface area contributed by atoms with Gasteiger partial charge in [0.25, 0.3) is 0 Å². The molecule has 0 N–H and O–H groups in total. The molecule has 86 valence electrons. The lowest BCUT2D eigenvalue weighted by atomic mass is 10.00. The van der Waals surface area contributed by atoms with Crippen LogP contribution in [0.3, 0.4) is 0 Å². The summed E-state index contributed by atoms with van der Waals surface area (Å²) in [6.45, 7) is 6.05. The summed E-state index contributed by atoms with van der Waals surface area (Å²) in [4.78, 5) is 12.2. The van der Waals surface area contributed by atoms with Gasteiger partial charge in [-0.3, -0.25) is 4.79 Å². The predicted molar refractivity (Wildman–Crippen MR) is 63.8 cm³/mol. The highest BCUT2D eigenvalue weighted by Gasteiger charge is 2.28. The number of ketones is 1. The van der Waals surface area contributed by atoms with E-state index in [0.717, 1.165) is 29.5 Å². The monoisotopic (exact) mass is 218 g/mol. The number of carbonyl (C=O) groups is 1. The Labute approximate surface area is 96.6 Å². The topological polar surface area (TPSA) is 26.3 Å². The first-order valence-corrected chi connectivity index (χ1v) is 5.84. The maximum absolute atomic E-state index is 12.2. The molecule has 16 heavy (non-hydrogen) atoms. The van der Waals surface area contributed by atoms with E-state index in [2.05, 4.69) is 6.07 Å². The van der Waals surface area contributed by atoms with Gasteiger partial charge in [0.1, 0.15) is 6.10 Å². The predicted octanol–water partition coefficient (Wildman–Crippen LogP) is 3.05. The largest absolute Gasteiger partial charge is 0.367 e. The van der Waals surface area contributed by atoms with Crippen molar-refractivity contribution in [2.24, 2.45) is 0 Å². The zero-order valence-electron chi connectivity index (χ0n) is 10.1. The van der Waals surface area contributed by atoms with Gasteiger partial charge in [-0.05, 0) is 45.7 Å². The summed E-state index contributed by atoms with van der Waals surface area (Å²) >= 11 is 0. The van der Waals surface area contributed by atoms with Gasteiger partial charge in [0, 0.05) is 5.56 Å². The van der Waals surface area contributed by atoms with Crippen molar-refractivity contribution in [1.29, 1.82) is 0 Å². The molecule has 0 saturated carbocycles. The van der Waals surface area contributed by atoms with Gasteiger partial charge in [-0.25, -0.2) is 0 Å². The van der Waals surface area contributed by atoms with Gasteiger partial charge < -0.3 is 4.74 Å². The molecule has 0 bridgehead atoms. The van der Waals surface area contributed by atoms with Crippen molar-refractivity contribution in [3.63, 3.8) is 0 Å². The molecule has 0 aromatic heterocycles. The second kappa shape index (κ2) is 4.38. The van der Waals surface area contributed by atoms with Crippen LogP contribution in [0.4, 0.5) is 0 Å². The van der Waals surface area contributed by atoms with E-state index < -0.39 is 0 Å². The SMILES string of the molecule is Cc1cc(C)cc(C(=O)C2CCC(C)O2)c1. The number of rotatable bonds is 2. The van der Waals surface area contributed by atoms with Gasteiger partial charge in [-0.15, -0.1) is 0 Å². The van der Waals surface area contributed by atoms with Gasteiger partial charge in [-0.2, -0.15) is 0 Å². The van der Waals surface area contributed by atoms with Gasteiger partial charge >= 0.3 is 0 Å². The summed E-state index contributed by atoms with van der Waals surface area (Å²) in [5, 5.41) is 0. The fourth-order valence-corrected chi connectivity index (χ4v) is 2.30. The zero-order chi connectivity index (χ0) is 11.7. The van der Waals surface area contributed by atoms with Crippen LogP contribution in [0.1, 0.15) is 41.3 Å². The summed E-state index contributed by atoms with van der Waals surface area (Å²) < 4.78 is 5.61. The van der Waals surface area contributed by atoms with Crippen LogP contribution >= 0.6 is 0 Å². The fourth-order valence-electron chi connectivity index (χ4n) is 2.30. The van der Waals surface area contributed by atoms with Crippen LogP contribution in [0, 0.1) is 13.8 Å². The quantitative estimate of drug-likeness (QED) is 0.713. The Morgan fingerprint density at radius 3 is 2.31 bits per heavy atom. The van der Waals surface area contributed by atoms with Crippen molar-refractivity contribution in [2.45, 2.75) is 45.8 Å². The molecule has 1 heterocycles. The zero-order valence-corrected chi connectivity index (χ0v) is 10.1. The molecule has 0 amide bonds. The number of Topliss-reactive ketones (excluding diaryl/α,β-unsaturated/α-hetero) is 1. The van der Waals surface area contributed by atoms with Crippen LogP contribution in [0.15, 0.2) is 18.2 Å². The molecule has 1 fully saturated rings. The number of aryl methyl sites for hydroxylation is 2. The van der Waals surface area contributed by atoms with Gasteiger partial charge in [0.2, 0.25) is 0 Å². The average molecular weight is 218 g/mol. The molecule has 2 nitrogen and oxygen atoms in total. The Morgan fingerprint density at radius 1 is 1.19 bits per heavy atom. The fraction of sp³-hybridized carbons (Fsp3) is 0.500. The molecule has 0 aliphatic carbocycles. The second-order valence-corrected chi connectivity index (χ2v) is 4.75. The summed E-state index contributed by atoms with van der Waals surface area (Å²) in [6.07, 6.45) is 1.84. The Morgan fingerprint density at radius 2 is 1.81 bits per heavy atom. The van der Waals surface area contributed by atoms with E-state index in [1.807, 2.05) is 32.9 Å². The maximum Gasteiger partial charge on any atom is 0.191 e. The van der Waals surface area contributed by atoms with Crippen LogP contribution in [0.25, 0.3) is 0 Å². The van der Waals surface area contributed by atoms with Gasteiger partial charge in [0.15, 0.2) is 5.78 Å². The van der Waals surface area contributed by atoms with E-state index in [1.165, 1.54) is 0 Å². The van der Waals surface area contributed by atoms with Crippen molar-refractivity contribution >= 4 is 5.78 Å². The third kappa shape index (κ3) is 2.33. The Balaban J connectivity index is 2.20. The molecule has 0 radical (unpaired) electrons. The molecule has 1 saturated heterocycles. The molecule has 1 aliphatic heterocycles. The van der Waals surface area contributed by atoms with E-state index in [4.69, 9.17) is 4.74 Å². The second-order valence-electron chi connectivity index (χ2n) is 4.75. The Bertz CT molecular complexity index is 389. The molecule has 1 aliphatic rings. The minimum Gasteiger partial charge on any atom is -0.367 e. The van der Waals surface area contributed by atoms with Crippen LogP contribution in [-0.2, 0) is 4.74 Å². The smallest absolute Gasteiger partial charge is 0.191 e. The van der Waals surface area contributed by atoms with Crippen LogP contribution in [-0.4, -0.2) is 18.0 Å².